The SMILES string of the molecule is Nc1cc(OCCCc2ccncc2)nc(C(F)(F)F)n1. The Kier molecular flexibility index (Phi) is 4.56. The van der Waals surface area contributed by atoms with E-state index < -0.39 is 12.0 Å². The monoisotopic (exact) mass is 298 g/mol. The molecule has 2 N–H and O–H groups in total. The molecule has 0 bridgehead atoms. The maximum absolute atomic E-state index is 12.5. The van der Waals surface area contributed by atoms with Crippen molar-refractivity contribution in [3.63, 3.8) is 0 Å². The van der Waals surface area contributed by atoms with E-state index in [1.54, 1.807) is 12.4 Å². The topological polar surface area (TPSA) is 73.9 Å². The molecule has 5 nitrogen and oxygen atoms in total. The van der Waals surface area contributed by atoms with E-state index in [2.05, 4.69) is 15.0 Å². The summed E-state index contributed by atoms with van der Waals surface area (Å²) in [6.07, 6.45) is 0.0723. The van der Waals surface area contributed by atoms with Gasteiger partial charge in [-0.1, -0.05) is 0 Å². The largest absolute Gasteiger partial charge is 0.478 e. The maximum Gasteiger partial charge on any atom is 0.451 e. The van der Waals surface area contributed by atoms with Crippen molar-refractivity contribution in [2.45, 2.75) is 19.0 Å². The van der Waals surface area contributed by atoms with E-state index >= 15 is 0 Å². The molecular formula is C13H13F3N4O. The number of aromatic nitrogens is 3. The van der Waals surface area contributed by atoms with Crippen molar-refractivity contribution in [1.29, 1.82) is 0 Å². The smallest absolute Gasteiger partial charge is 0.451 e. The van der Waals surface area contributed by atoms with Crippen LogP contribution in [-0.4, -0.2) is 21.6 Å². The van der Waals surface area contributed by atoms with Crippen molar-refractivity contribution >= 4 is 5.82 Å². The van der Waals surface area contributed by atoms with Gasteiger partial charge >= 0.3 is 6.18 Å². The molecular weight excluding hydrogens is 285 g/mol. The number of hydrogen-bond acceptors (Lipinski definition) is 5. The van der Waals surface area contributed by atoms with Gasteiger partial charge in [-0.05, 0) is 30.5 Å². The van der Waals surface area contributed by atoms with Gasteiger partial charge in [0.05, 0.1) is 6.61 Å². The van der Waals surface area contributed by atoms with Gasteiger partial charge in [-0.3, -0.25) is 4.98 Å². The highest BCUT2D eigenvalue weighted by atomic mass is 19.4. The number of hydrogen-bond donors (Lipinski definition) is 1. The molecule has 0 aromatic carbocycles. The van der Waals surface area contributed by atoms with E-state index in [1.807, 2.05) is 12.1 Å². The zero-order valence-electron chi connectivity index (χ0n) is 11.0. The Hall–Kier alpha value is -2.38. The number of nitrogens with two attached hydrogens (primary N) is 1. The van der Waals surface area contributed by atoms with Gasteiger partial charge in [0.15, 0.2) is 0 Å². The normalized spacial score (nSPS) is 11.4. The molecule has 0 saturated heterocycles. The molecule has 2 rings (SSSR count). The Morgan fingerprint density at radius 2 is 1.86 bits per heavy atom. The quantitative estimate of drug-likeness (QED) is 0.858. The molecule has 0 saturated carbocycles. The van der Waals surface area contributed by atoms with E-state index in [9.17, 15) is 13.2 Å². The van der Waals surface area contributed by atoms with Gasteiger partial charge in [0.2, 0.25) is 11.7 Å². The van der Waals surface area contributed by atoms with Crippen LogP contribution in [0.15, 0.2) is 30.6 Å². The average Bonchev–Trinajstić information content (AvgIpc) is 2.43. The lowest BCUT2D eigenvalue weighted by atomic mass is 10.1. The lowest BCUT2D eigenvalue weighted by molar-refractivity contribution is -0.145. The minimum atomic E-state index is -4.65. The third-order valence-corrected chi connectivity index (χ3v) is 2.59. The zero-order chi connectivity index (χ0) is 15.3. The summed E-state index contributed by atoms with van der Waals surface area (Å²) < 4.78 is 42.7. The molecule has 0 amide bonds. The molecule has 112 valence electrons. The molecule has 0 aliphatic rings. The highest BCUT2D eigenvalue weighted by molar-refractivity contribution is 5.33. The van der Waals surface area contributed by atoms with Gasteiger partial charge in [0.25, 0.3) is 0 Å². The maximum atomic E-state index is 12.5. The van der Waals surface area contributed by atoms with Crippen LogP contribution in [0.4, 0.5) is 19.0 Å². The molecule has 2 aromatic heterocycles. The molecule has 0 aliphatic carbocycles. The van der Waals surface area contributed by atoms with Gasteiger partial charge in [0.1, 0.15) is 5.82 Å². The number of alkyl halides is 3. The summed E-state index contributed by atoms with van der Waals surface area (Å²) in [6, 6.07) is 4.90. The molecule has 8 heteroatoms. The Balaban J connectivity index is 1.90. The van der Waals surface area contributed by atoms with Crippen molar-refractivity contribution in [3.05, 3.63) is 42.0 Å². The summed E-state index contributed by atoms with van der Waals surface area (Å²) in [7, 11) is 0. The van der Waals surface area contributed by atoms with Gasteiger partial charge in [-0.15, -0.1) is 0 Å². The zero-order valence-corrected chi connectivity index (χ0v) is 11.0. The number of ether oxygens (including phenoxy) is 1. The first-order chi connectivity index (χ1) is 9.95. The minimum Gasteiger partial charge on any atom is -0.478 e. The number of aryl methyl sites for hydroxylation is 1. The first-order valence-electron chi connectivity index (χ1n) is 6.18. The van der Waals surface area contributed by atoms with Crippen LogP contribution in [-0.2, 0) is 12.6 Å². The Bertz CT molecular complexity index is 590. The van der Waals surface area contributed by atoms with Gasteiger partial charge in [-0.25, -0.2) is 4.98 Å². The average molecular weight is 298 g/mol. The molecule has 0 radical (unpaired) electrons. The summed E-state index contributed by atoms with van der Waals surface area (Å²) in [5, 5.41) is 0. The van der Waals surface area contributed by atoms with Crippen molar-refractivity contribution < 1.29 is 17.9 Å². The molecule has 2 heterocycles. The molecule has 21 heavy (non-hydrogen) atoms. The number of anilines is 1. The second-order valence-electron chi connectivity index (χ2n) is 4.26. The fraction of sp³-hybridized carbons (Fsp3) is 0.308. The van der Waals surface area contributed by atoms with Crippen LogP contribution in [0.2, 0.25) is 0 Å². The van der Waals surface area contributed by atoms with Crippen LogP contribution in [0, 0.1) is 0 Å². The van der Waals surface area contributed by atoms with Crippen molar-refractivity contribution in [2.75, 3.05) is 12.3 Å². The van der Waals surface area contributed by atoms with Crippen molar-refractivity contribution in [1.82, 2.24) is 15.0 Å². The summed E-state index contributed by atoms with van der Waals surface area (Å²) in [4.78, 5) is 10.3. The number of nitrogen functional groups attached to an aromatic ring is 1. The number of pyridine rings is 1. The summed E-state index contributed by atoms with van der Waals surface area (Å²) in [5.41, 5.74) is 6.39. The van der Waals surface area contributed by atoms with Crippen molar-refractivity contribution in [2.24, 2.45) is 0 Å². The lowest BCUT2D eigenvalue weighted by Crippen LogP contribution is -2.13. The number of nitrogens with zero attached hydrogens (tertiary/aromatic N) is 3. The molecule has 0 atom stereocenters. The fourth-order valence-electron chi connectivity index (χ4n) is 1.65. The molecule has 0 unspecified atom stereocenters. The van der Waals surface area contributed by atoms with Crippen LogP contribution in [0.3, 0.4) is 0 Å². The second-order valence-corrected chi connectivity index (χ2v) is 4.26. The summed E-state index contributed by atoms with van der Waals surface area (Å²) in [6.45, 7) is 0.232. The van der Waals surface area contributed by atoms with E-state index in [4.69, 9.17) is 10.5 Å². The van der Waals surface area contributed by atoms with E-state index in [0.717, 1.165) is 12.0 Å². The minimum absolute atomic E-state index is 0.176. The first kappa shape index (κ1) is 15.0. The first-order valence-corrected chi connectivity index (χ1v) is 6.18. The Morgan fingerprint density at radius 3 is 2.52 bits per heavy atom. The van der Waals surface area contributed by atoms with Crippen LogP contribution in [0.25, 0.3) is 0 Å². The predicted octanol–water partition coefficient (Wildman–Crippen LogP) is 2.48. The third kappa shape index (κ3) is 4.59. The van der Waals surface area contributed by atoms with Gasteiger partial charge < -0.3 is 10.5 Å². The number of rotatable bonds is 5. The summed E-state index contributed by atoms with van der Waals surface area (Å²) >= 11 is 0. The molecule has 2 aromatic rings. The Morgan fingerprint density at radius 1 is 1.14 bits per heavy atom. The lowest BCUT2D eigenvalue weighted by Gasteiger charge is -2.09. The second kappa shape index (κ2) is 6.38. The van der Waals surface area contributed by atoms with Gasteiger partial charge in [0, 0.05) is 18.5 Å². The van der Waals surface area contributed by atoms with Crippen LogP contribution < -0.4 is 10.5 Å². The van der Waals surface area contributed by atoms with Crippen LogP contribution in [0.5, 0.6) is 5.88 Å². The number of halogens is 3. The van der Waals surface area contributed by atoms with E-state index in [-0.39, 0.29) is 18.3 Å². The van der Waals surface area contributed by atoms with Crippen LogP contribution >= 0.6 is 0 Å². The molecule has 0 fully saturated rings. The van der Waals surface area contributed by atoms with Crippen LogP contribution in [0.1, 0.15) is 17.8 Å². The fourth-order valence-corrected chi connectivity index (χ4v) is 1.65. The Labute approximate surface area is 119 Å². The highest BCUT2D eigenvalue weighted by Gasteiger charge is 2.35. The predicted molar refractivity (Wildman–Crippen MR) is 69.5 cm³/mol. The molecule has 0 spiro atoms. The van der Waals surface area contributed by atoms with Crippen molar-refractivity contribution in [3.8, 4) is 5.88 Å². The standard InChI is InChI=1S/C13H13F3N4O/c14-13(15,16)12-19-10(17)8-11(20-12)21-7-1-2-9-3-5-18-6-4-9/h3-6,8H,1-2,7H2,(H2,17,19,20). The van der Waals surface area contributed by atoms with E-state index in [1.165, 1.54) is 6.07 Å². The highest BCUT2D eigenvalue weighted by Crippen LogP contribution is 2.28. The van der Waals surface area contributed by atoms with Gasteiger partial charge in [-0.2, -0.15) is 18.2 Å². The third-order valence-electron chi connectivity index (χ3n) is 2.59. The van der Waals surface area contributed by atoms with E-state index in [0.29, 0.717) is 6.42 Å². The summed E-state index contributed by atoms with van der Waals surface area (Å²) in [5.74, 6) is -1.75. The molecule has 0 aliphatic heterocycles.